The molecule has 0 saturated carbocycles. The third kappa shape index (κ3) is 4.04. The summed E-state index contributed by atoms with van der Waals surface area (Å²) in [7, 11) is 3.34. The van der Waals surface area contributed by atoms with Crippen LogP contribution in [0.5, 0.6) is 0 Å². The van der Waals surface area contributed by atoms with Crippen molar-refractivity contribution < 1.29 is 9.47 Å². The normalized spacial score (nSPS) is 12.9. The van der Waals surface area contributed by atoms with Gasteiger partial charge in [0.15, 0.2) is 0 Å². The summed E-state index contributed by atoms with van der Waals surface area (Å²) in [5.74, 6) is 5.57. The van der Waals surface area contributed by atoms with Gasteiger partial charge < -0.3 is 9.47 Å². The molecule has 1 atom stereocenters. The second-order valence-corrected chi connectivity index (χ2v) is 4.45. The zero-order valence-electron chi connectivity index (χ0n) is 10.1. The van der Waals surface area contributed by atoms with Crippen LogP contribution in [0.3, 0.4) is 0 Å². The number of hydrogen-bond acceptors (Lipinski definition) is 5. The van der Waals surface area contributed by atoms with Crippen molar-refractivity contribution in [3.05, 3.63) is 16.4 Å². The summed E-state index contributed by atoms with van der Waals surface area (Å²) < 4.78 is 12.9. The zero-order valence-corrected chi connectivity index (χ0v) is 11.7. The van der Waals surface area contributed by atoms with Crippen molar-refractivity contribution in [1.82, 2.24) is 15.2 Å². The fraction of sp³-hybridized carbons (Fsp3) is 0.700. The number of rotatable bonds is 8. The first-order valence-corrected chi connectivity index (χ1v) is 6.19. The summed E-state index contributed by atoms with van der Waals surface area (Å²) >= 11 is 3.48. The lowest BCUT2D eigenvalue weighted by molar-refractivity contribution is 0.173. The maximum atomic E-state index is 5.57. The fourth-order valence-corrected chi connectivity index (χ4v) is 2.18. The van der Waals surface area contributed by atoms with E-state index in [-0.39, 0.29) is 6.04 Å². The first kappa shape index (κ1) is 14.6. The summed E-state index contributed by atoms with van der Waals surface area (Å²) in [4.78, 5) is 0. The minimum absolute atomic E-state index is 0.00341. The minimum atomic E-state index is 0.00341. The van der Waals surface area contributed by atoms with Crippen molar-refractivity contribution in [1.29, 1.82) is 0 Å². The molecular weight excluding hydrogens is 288 g/mol. The lowest BCUT2D eigenvalue weighted by Crippen LogP contribution is -2.31. The standard InChI is InChI=1S/C10H19BrN4O2/c1-16-5-3-9(14-12)10-8(11)7-13-15(10)4-6-17-2/h7,9,14H,3-6,12H2,1-2H3. The van der Waals surface area contributed by atoms with Crippen LogP contribution in [0.1, 0.15) is 18.2 Å². The Labute approximate surface area is 110 Å². The van der Waals surface area contributed by atoms with E-state index in [1.54, 1.807) is 20.4 Å². The van der Waals surface area contributed by atoms with Crippen LogP contribution in [0.2, 0.25) is 0 Å². The summed E-state index contributed by atoms with van der Waals surface area (Å²) in [5.41, 5.74) is 3.80. The van der Waals surface area contributed by atoms with Gasteiger partial charge in [-0.3, -0.25) is 16.0 Å². The highest BCUT2D eigenvalue weighted by Crippen LogP contribution is 2.25. The van der Waals surface area contributed by atoms with Crippen LogP contribution in [0.25, 0.3) is 0 Å². The zero-order chi connectivity index (χ0) is 12.7. The van der Waals surface area contributed by atoms with Crippen LogP contribution >= 0.6 is 15.9 Å². The van der Waals surface area contributed by atoms with E-state index in [2.05, 4.69) is 26.5 Å². The third-order valence-electron chi connectivity index (χ3n) is 2.48. The van der Waals surface area contributed by atoms with Gasteiger partial charge in [-0.2, -0.15) is 5.10 Å². The molecule has 0 aliphatic rings. The van der Waals surface area contributed by atoms with Crippen molar-refractivity contribution in [3.63, 3.8) is 0 Å². The molecule has 1 aromatic rings. The van der Waals surface area contributed by atoms with Crippen LogP contribution in [0, 0.1) is 0 Å². The molecule has 0 saturated heterocycles. The monoisotopic (exact) mass is 306 g/mol. The molecule has 6 nitrogen and oxygen atoms in total. The van der Waals surface area contributed by atoms with Gasteiger partial charge in [0, 0.05) is 20.8 Å². The van der Waals surface area contributed by atoms with E-state index in [1.165, 1.54) is 0 Å². The van der Waals surface area contributed by atoms with E-state index < -0.39 is 0 Å². The molecule has 1 unspecified atom stereocenters. The number of halogens is 1. The molecule has 0 spiro atoms. The fourth-order valence-electron chi connectivity index (χ4n) is 1.61. The Morgan fingerprint density at radius 3 is 2.76 bits per heavy atom. The number of nitrogens with two attached hydrogens (primary N) is 1. The van der Waals surface area contributed by atoms with Gasteiger partial charge >= 0.3 is 0 Å². The summed E-state index contributed by atoms with van der Waals surface area (Å²) in [6, 6.07) is 0.00341. The molecule has 7 heteroatoms. The highest BCUT2D eigenvalue weighted by Gasteiger charge is 2.18. The van der Waals surface area contributed by atoms with E-state index in [4.69, 9.17) is 15.3 Å². The predicted octanol–water partition coefficient (Wildman–Crippen LogP) is 0.833. The van der Waals surface area contributed by atoms with Crippen LogP contribution in [0.15, 0.2) is 10.7 Å². The molecule has 0 bridgehead atoms. The highest BCUT2D eigenvalue weighted by molar-refractivity contribution is 9.10. The number of aromatic nitrogens is 2. The van der Waals surface area contributed by atoms with Crippen molar-refractivity contribution in [2.24, 2.45) is 5.84 Å². The maximum Gasteiger partial charge on any atom is 0.0711 e. The Morgan fingerprint density at radius 1 is 1.47 bits per heavy atom. The number of ether oxygens (including phenoxy) is 2. The van der Waals surface area contributed by atoms with Crippen molar-refractivity contribution >= 4 is 15.9 Å². The lowest BCUT2D eigenvalue weighted by Gasteiger charge is -2.18. The third-order valence-corrected chi connectivity index (χ3v) is 3.09. The molecule has 17 heavy (non-hydrogen) atoms. The molecule has 3 N–H and O–H groups in total. The van der Waals surface area contributed by atoms with Crippen molar-refractivity contribution in [3.8, 4) is 0 Å². The molecule has 0 aliphatic heterocycles. The lowest BCUT2D eigenvalue weighted by atomic mass is 10.1. The first-order chi connectivity index (χ1) is 8.24. The molecular formula is C10H19BrN4O2. The topological polar surface area (TPSA) is 74.3 Å². The summed E-state index contributed by atoms with van der Waals surface area (Å²) in [6.07, 6.45) is 2.55. The number of methoxy groups -OCH3 is 2. The summed E-state index contributed by atoms with van der Waals surface area (Å²) in [6.45, 7) is 1.95. The van der Waals surface area contributed by atoms with Gasteiger partial charge in [-0.15, -0.1) is 0 Å². The van der Waals surface area contributed by atoms with Crippen LogP contribution in [-0.4, -0.2) is 37.2 Å². The molecule has 0 radical (unpaired) electrons. The second kappa shape index (κ2) is 7.78. The van der Waals surface area contributed by atoms with Gasteiger partial charge in [-0.1, -0.05) is 0 Å². The Bertz CT molecular complexity index is 332. The van der Waals surface area contributed by atoms with Crippen molar-refractivity contribution in [2.75, 3.05) is 27.4 Å². The molecule has 1 rings (SSSR count). The highest BCUT2D eigenvalue weighted by atomic mass is 79.9. The smallest absolute Gasteiger partial charge is 0.0711 e. The largest absolute Gasteiger partial charge is 0.385 e. The summed E-state index contributed by atoms with van der Waals surface area (Å²) in [5, 5.41) is 4.28. The molecule has 1 aromatic heterocycles. The molecule has 0 aliphatic carbocycles. The van der Waals surface area contributed by atoms with E-state index >= 15 is 0 Å². The first-order valence-electron chi connectivity index (χ1n) is 5.39. The SMILES string of the molecule is COCCC(NN)c1c(Br)cnn1CCOC. The average Bonchev–Trinajstić information content (AvgIpc) is 2.70. The van der Waals surface area contributed by atoms with E-state index in [0.717, 1.165) is 16.6 Å². The second-order valence-electron chi connectivity index (χ2n) is 3.59. The van der Waals surface area contributed by atoms with Gasteiger partial charge in [-0.25, -0.2) is 0 Å². The Kier molecular flexibility index (Phi) is 6.68. The van der Waals surface area contributed by atoms with Crippen LogP contribution < -0.4 is 11.3 Å². The number of nitrogens with zero attached hydrogens (tertiary/aromatic N) is 2. The van der Waals surface area contributed by atoms with E-state index in [9.17, 15) is 0 Å². The van der Waals surface area contributed by atoms with Gasteiger partial charge in [0.25, 0.3) is 0 Å². The molecule has 98 valence electrons. The van der Waals surface area contributed by atoms with Gasteiger partial charge in [0.05, 0.1) is 35.6 Å². The molecule has 0 fully saturated rings. The Morgan fingerprint density at radius 2 is 2.18 bits per heavy atom. The maximum absolute atomic E-state index is 5.57. The van der Waals surface area contributed by atoms with Gasteiger partial charge in [0.1, 0.15) is 0 Å². The van der Waals surface area contributed by atoms with Crippen molar-refractivity contribution in [2.45, 2.75) is 19.0 Å². The molecule has 0 amide bonds. The molecule has 0 aromatic carbocycles. The van der Waals surface area contributed by atoms with Crippen LogP contribution in [0.4, 0.5) is 0 Å². The Balaban J connectivity index is 2.80. The minimum Gasteiger partial charge on any atom is -0.385 e. The average molecular weight is 307 g/mol. The number of nitrogens with one attached hydrogen (secondary N) is 1. The molecule has 1 heterocycles. The quantitative estimate of drug-likeness (QED) is 0.550. The predicted molar refractivity (Wildman–Crippen MR) is 68.4 cm³/mol. The van der Waals surface area contributed by atoms with Gasteiger partial charge in [-0.05, 0) is 22.4 Å². The van der Waals surface area contributed by atoms with Gasteiger partial charge in [0.2, 0.25) is 0 Å². The van der Waals surface area contributed by atoms with E-state index in [1.807, 2.05) is 4.68 Å². The van der Waals surface area contributed by atoms with Crippen LogP contribution in [-0.2, 0) is 16.0 Å². The number of hydrazine groups is 1. The number of hydrogen-bond donors (Lipinski definition) is 2. The Hall–Kier alpha value is -0.470. The van der Waals surface area contributed by atoms with E-state index in [0.29, 0.717) is 19.8 Å².